The molecule has 0 saturated carbocycles. The first kappa shape index (κ1) is 21.1. The number of carbonyl (C=O) groups is 2. The van der Waals surface area contributed by atoms with Crippen molar-refractivity contribution in [3.05, 3.63) is 64.8 Å². The van der Waals surface area contributed by atoms with Crippen LogP contribution in [0, 0.1) is 13.8 Å². The van der Waals surface area contributed by atoms with Gasteiger partial charge in [0.1, 0.15) is 0 Å². The zero-order valence-electron chi connectivity index (χ0n) is 17.4. The lowest BCUT2D eigenvalue weighted by Gasteiger charge is -2.11. The molecule has 30 heavy (non-hydrogen) atoms. The van der Waals surface area contributed by atoms with E-state index in [-0.39, 0.29) is 13.2 Å². The number of rotatable bonds is 7. The molecule has 7 nitrogen and oxygen atoms in total. The number of carbonyl (C=O) groups excluding carboxylic acids is 2. The van der Waals surface area contributed by atoms with Crippen molar-refractivity contribution in [2.75, 3.05) is 20.8 Å². The van der Waals surface area contributed by atoms with Gasteiger partial charge in [-0.2, -0.15) is 0 Å². The van der Waals surface area contributed by atoms with Gasteiger partial charge in [0.25, 0.3) is 5.91 Å². The highest BCUT2D eigenvalue weighted by Gasteiger charge is 2.15. The molecule has 0 atom stereocenters. The highest BCUT2D eigenvalue weighted by atomic mass is 16.5. The maximum Gasteiger partial charge on any atom is 0.340 e. The molecule has 0 aliphatic rings. The number of esters is 1. The van der Waals surface area contributed by atoms with Crippen LogP contribution in [0.4, 0.5) is 0 Å². The topological polar surface area (TPSA) is 86.8 Å². The average molecular weight is 408 g/mol. The summed E-state index contributed by atoms with van der Waals surface area (Å²) >= 11 is 0. The average Bonchev–Trinajstić information content (AvgIpc) is 2.75. The molecule has 0 spiro atoms. The molecule has 0 bridgehead atoms. The van der Waals surface area contributed by atoms with Gasteiger partial charge in [-0.25, -0.2) is 4.79 Å². The van der Waals surface area contributed by atoms with Gasteiger partial charge >= 0.3 is 5.97 Å². The first-order valence-corrected chi connectivity index (χ1v) is 9.44. The molecule has 1 heterocycles. The Morgan fingerprint density at radius 1 is 0.967 bits per heavy atom. The van der Waals surface area contributed by atoms with Gasteiger partial charge in [0.05, 0.1) is 31.0 Å². The Morgan fingerprint density at radius 2 is 1.73 bits per heavy atom. The number of aromatic nitrogens is 1. The Morgan fingerprint density at radius 3 is 2.47 bits per heavy atom. The standard InChI is InChI=1S/C23H24N2O5/c1-14-5-7-19-17(9-14)11-18(15(2)25-19)23(27)30-13-22(26)24-12-16-6-8-20(28-3)21(10-16)29-4/h5-11H,12-13H2,1-4H3,(H,24,26). The lowest BCUT2D eigenvalue weighted by Crippen LogP contribution is -2.28. The highest BCUT2D eigenvalue weighted by Crippen LogP contribution is 2.27. The number of nitrogens with one attached hydrogen (secondary N) is 1. The Kier molecular flexibility index (Phi) is 6.51. The van der Waals surface area contributed by atoms with Crippen molar-refractivity contribution in [1.29, 1.82) is 0 Å². The number of fused-ring (bicyclic) bond motifs is 1. The van der Waals surface area contributed by atoms with E-state index in [1.165, 1.54) is 0 Å². The van der Waals surface area contributed by atoms with E-state index < -0.39 is 11.9 Å². The van der Waals surface area contributed by atoms with Crippen LogP contribution >= 0.6 is 0 Å². The van der Waals surface area contributed by atoms with Gasteiger partial charge in [-0.05, 0) is 49.7 Å². The van der Waals surface area contributed by atoms with Crippen LogP contribution in [0.15, 0.2) is 42.5 Å². The molecule has 2 aromatic carbocycles. The summed E-state index contributed by atoms with van der Waals surface area (Å²) in [6.45, 7) is 3.61. The molecular formula is C23H24N2O5. The molecule has 7 heteroatoms. The highest BCUT2D eigenvalue weighted by molar-refractivity contribution is 5.96. The summed E-state index contributed by atoms with van der Waals surface area (Å²) in [6.07, 6.45) is 0. The van der Waals surface area contributed by atoms with Crippen LogP contribution in [0.1, 0.15) is 27.2 Å². The zero-order chi connectivity index (χ0) is 21.7. The van der Waals surface area contributed by atoms with E-state index in [9.17, 15) is 9.59 Å². The van der Waals surface area contributed by atoms with Crippen molar-refractivity contribution in [2.45, 2.75) is 20.4 Å². The summed E-state index contributed by atoms with van der Waals surface area (Å²) < 4.78 is 15.6. The second kappa shape index (κ2) is 9.26. The predicted octanol–water partition coefficient (Wildman–Crippen LogP) is 3.34. The molecule has 1 amide bonds. The smallest absolute Gasteiger partial charge is 0.340 e. The molecule has 0 fully saturated rings. The summed E-state index contributed by atoms with van der Waals surface area (Å²) in [7, 11) is 3.10. The number of amides is 1. The molecule has 0 unspecified atom stereocenters. The number of pyridine rings is 1. The van der Waals surface area contributed by atoms with E-state index in [1.54, 1.807) is 39.3 Å². The van der Waals surface area contributed by atoms with E-state index in [1.807, 2.05) is 31.2 Å². The molecule has 0 aliphatic heterocycles. The molecule has 0 saturated heterocycles. The van der Waals surface area contributed by atoms with Crippen LogP contribution in [0.25, 0.3) is 10.9 Å². The maximum absolute atomic E-state index is 12.5. The van der Waals surface area contributed by atoms with E-state index in [4.69, 9.17) is 14.2 Å². The number of hydrogen-bond acceptors (Lipinski definition) is 6. The Hall–Kier alpha value is -3.61. The van der Waals surface area contributed by atoms with Crippen molar-refractivity contribution < 1.29 is 23.8 Å². The van der Waals surface area contributed by atoms with Crippen LogP contribution in [0.3, 0.4) is 0 Å². The van der Waals surface area contributed by atoms with Gasteiger partial charge in [-0.15, -0.1) is 0 Å². The number of aryl methyl sites for hydroxylation is 2. The fourth-order valence-corrected chi connectivity index (χ4v) is 3.05. The number of ether oxygens (including phenoxy) is 3. The summed E-state index contributed by atoms with van der Waals surface area (Å²) in [6, 6.07) is 12.9. The van der Waals surface area contributed by atoms with Gasteiger partial charge in [0.15, 0.2) is 18.1 Å². The third kappa shape index (κ3) is 4.86. The third-order valence-corrected chi connectivity index (χ3v) is 4.65. The van der Waals surface area contributed by atoms with Crippen LogP contribution in [-0.2, 0) is 16.1 Å². The summed E-state index contributed by atoms with van der Waals surface area (Å²) in [4.78, 5) is 29.0. The molecule has 1 aromatic heterocycles. The van der Waals surface area contributed by atoms with E-state index in [0.29, 0.717) is 22.8 Å². The molecule has 0 radical (unpaired) electrons. The fraction of sp³-hybridized carbons (Fsp3) is 0.261. The minimum absolute atomic E-state index is 0.270. The molecule has 3 aromatic rings. The van der Waals surface area contributed by atoms with Crippen molar-refractivity contribution in [3.8, 4) is 11.5 Å². The van der Waals surface area contributed by atoms with Crippen LogP contribution in [-0.4, -0.2) is 37.7 Å². The van der Waals surface area contributed by atoms with Gasteiger partial charge < -0.3 is 19.5 Å². The number of methoxy groups -OCH3 is 2. The first-order chi connectivity index (χ1) is 14.4. The van der Waals surface area contributed by atoms with Crippen molar-refractivity contribution >= 4 is 22.8 Å². The first-order valence-electron chi connectivity index (χ1n) is 9.44. The van der Waals surface area contributed by atoms with Crippen molar-refractivity contribution in [3.63, 3.8) is 0 Å². The normalized spacial score (nSPS) is 10.5. The second-order valence-electron chi connectivity index (χ2n) is 6.86. The van der Waals surface area contributed by atoms with Crippen molar-refractivity contribution in [2.24, 2.45) is 0 Å². The minimum Gasteiger partial charge on any atom is -0.493 e. The van der Waals surface area contributed by atoms with E-state index in [0.717, 1.165) is 22.0 Å². The van der Waals surface area contributed by atoms with Crippen LogP contribution in [0.5, 0.6) is 11.5 Å². The molecular weight excluding hydrogens is 384 g/mol. The van der Waals surface area contributed by atoms with Crippen molar-refractivity contribution in [1.82, 2.24) is 10.3 Å². The number of hydrogen-bond donors (Lipinski definition) is 1. The van der Waals surface area contributed by atoms with E-state index >= 15 is 0 Å². The van der Waals surface area contributed by atoms with Gasteiger partial charge in [-0.3, -0.25) is 9.78 Å². The van der Waals surface area contributed by atoms with Gasteiger partial charge in [-0.1, -0.05) is 17.7 Å². The van der Waals surface area contributed by atoms with Crippen LogP contribution < -0.4 is 14.8 Å². The largest absolute Gasteiger partial charge is 0.493 e. The monoisotopic (exact) mass is 408 g/mol. The zero-order valence-corrected chi connectivity index (χ0v) is 17.4. The predicted molar refractivity (Wildman–Crippen MR) is 113 cm³/mol. The lowest BCUT2D eigenvalue weighted by molar-refractivity contribution is -0.124. The Labute approximate surface area is 175 Å². The summed E-state index contributed by atoms with van der Waals surface area (Å²) in [5.41, 5.74) is 3.62. The van der Waals surface area contributed by atoms with Gasteiger partial charge in [0.2, 0.25) is 0 Å². The minimum atomic E-state index is -0.579. The summed E-state index contributed by atoms with van der Waals surface area (Å²) in [5.74, 6) is 0.200. The Balaban J connectivity index is 1.59. The third-order valence-electron chi connectivity index (χ3n) is 4.65. The second-order valence-corrected chi connectivity index (χ2v) is 6.86. The fourth-order valence-electron chi connectivity index (χ4n) is 3.05. The Bertz CT molecular complexity index is 1090. The lowest BCUT2D eigenvalue weighted by atomic mass is 10.1. The maximum atomic E-state index is 12.5. The molecule has 1 N–H and O–H groups in total. The number of benzene rings is 2. The molecule has 156 valence electrons. The quantitative estimate of drug-likeness (QED) is 0.604. The van der Waals surface area contributed by atoms with Gasteiger partial charge in [0, 0.05) is 11.9 Å². The molecule has 3 rings (SSSR count). The molecule has 0 aliphatic carbocycles. The summed E-state index contributed by atoms with van der Waals surface area (Å²) in [5, 5.41) is 3.57. The van der Waals surface area contributed by atoms with E-state index in [2.05, 4.69) is 10.3 Å². The van der Waals surface area contributed by atoms with Crippen LogP contribution in [0.2, 0.25) is 0 Å². The number of nitrogens with zero attached hydrogens (tertiary/aromatic N) is 1. The SMILES string of the molecule is COc1ccc(CNC(=O)COC(=O)c2cc3cc(C)ccc3nc2C)cc1OC.